The Morgan fingerprint density at radius 2 is 1.29 bits per heavy atom. The van der Waals surface area contributed by atoms with Crippen LogP contribution in [0.15, 0.2) is 42.5 Å². The first-order valence-corrected chi connectivity index (χ1v) is 8.57. The highest BCUT2D eigenvalue weighted by Crippen LogP contribution is 2.21. The molecule has 0 spiro atoms. The van der Waals surface area contributed by atoms with E-state index in [4.69, 9.17) is 0 Å². The summed E-state index contributed by atoms with van der Waals surface area (Å²) in [4.78, 5) is 0. The molecular weight excluding hydrogens is 184 g/mol. The molecule has 0 saturated carbocycles. The van der Waals surface area contributed by atoms with Gasteiger partial charge in [0.15, 0.2) is 0 Å². The molecule has 0 radical (unpaired) electrons. The maximum atomic E-state index is 2.39. The van der Waals surface area contributed by atoms with E-state index < -0.39 is 8.07 Å². The Balaban J connectivity index is 2.59. The summed E-state index contributed by atoms with van der Waals surface area (Å²) in [5.41, 5.74) is 2.74. The molecule has 0 unspecified atom stereocenters. The van der Waals surface area contributed by atoms with Gasteiger partial charge in [-0.05, 0) is 11.1 Å². The van der Waals surface area contributed by atoms with Crippen LogP contribution in [0.3, 0.4) is 0 Å². The van der Waals surface area contributed by atoms with Gasteiger partial charge in [-0.3, -0.25) is 0 Å². The summed E-state index contributed by atoms with van der Waals surface area (Å²) in [7, 11) is -1.14. The van der Waals surface area contributed by atoms with Gasteiger partial charge in [0.25, 0.3) is 0 Å². The predicted octanol–water partition coefficient (Wildman–Crippen LogP) is 3.34. The SMILES string of the molecule is C[Si](C)(C)c1cc2cccccc-2c1. The lowest BCUT2D eigenvalue weighted by atomic mass is 10.2. The molecule has 0 N–H and O–H groups in total. The summed E-state index contributed by atoms with van der Waals surface area (Å²) in [6.07, 6.45) is 0. The van der Waals surface area contributed by atoms with Crippen molar-refractivity contribution in [2.24, 2.45) is 0 Å². The zero-order valence-corrected chi connectivity index (χ0v) is 10.0. The van der Waals surface area contributed by atoms with Gasteiger partial charge in [-0.15, -0.1) is 0 Å². The standard InChI is InChI=1S/C13H16Si/c1-14(2,3)13-9-11-7-5-4-6-8-12(11)10-13/h4-10H,1-3H3. The van der Waals surface area contributed by atoms with E-state index in [0.29, 0.717) is 0 Å². The lowest BCUT2D eigenvalue weighted by molar-refractivity contribution is 1.76. The molecule has 0 saturated heterocycles. The number of fused-ring (bicyclic) bond motifs is 1. The first kappa shape index (κ1) is 9.47. The van der Waals surface area contributed by atoms with Gasteiger partial charge in [0.1, 0.15) is 0 Å². The quantitative estimate of drug-likeness (QED) is 0.619. The lowest BCUT2D eigenvalue weighted by Crippen LogP contribution is -2.36. The fourth-order valence-electron chi connectivity index (χ4n) is 1.65. The minimum atomic E-state index is -1.14. The molecule has 2 rings (SSSR count). The van der Waals surface area contributed by atoms with E-state index in [1.807, 2.05) is 0 Å². The molecule has 0 bridgehead atoms. The van der Waals surface area contributed by atoms with Gasteiger partial charge in [0, 0.05) is 0 Å². The molecule has 0 aromatic rings. The topological polar surface area (TPSA) is 0 Å². The van der Waals surface area contributed by atoms with Gasteiger partial charge >= 0.3 is 0 Å². The van der Waals surface area contributed by atoms with Crippen LogP contribution in [0.1, 0.15) is 0 Å². The Hall–Kier alpha value is -1.08. The molecule has 0 amide bonds. The Kier molecular flexibility index (Phi) is 2.20. The minimum absolute atomic E-state index is 1.14. The van der Waals surface area contributed by atoms with Crippen LogP contribution < -0.4 is 5.19 Å². The van der Waals surface area contributed by atoms with Gasteiger partial charge in [-0.1, -0.05) is 67.3 Å². The van der Waals surface area contributed by atoms with Crippen LogP contribution in [0.25, 0.3) is 11.1 Å². The smallest absolute Gasteiger partial charge is 0.0656 e. The summed E-state index contributed by atoms with van der Waals surface area (Å²) in [6.45, 7) is 7.17. The van der Waals surface area contributed by atoms with Crippen molar-refractivity contribution in [2.45, 2.75) is 19.6 Å². The predicted molar refractivity (Wildman–Crippen MR) is 66.0 cm³/mol. The maximum Gasteiger partial charge on any atom is 0.0776 e. The second-order valence-corrected chi connectivity index (χ2v) is 9.89. The van der Waals surface area contributed by atoms with Crippen molar-refractivity contribution < 1.29 is 0 Å². The summed E-state index contributed by atoms with van der Waals surface area (Å²) >= 11 is 0. The summed E-state index contributed by atoms with van der Waals surface area (Å²) in [5.74, 6) is 0. The van der Waals surface area contributed by atoms with E-state index in [1.165, 1.54) is 11.1 Å². The number of hydrogen-bond acceptors (Lipinski definition) is 0. The molecule has 2 aliphatic carbocycles. The van der Waals surface area contributed by atoms with Crippen molar-refractivity contribution in [2.75, 3.05) is 0 Å². The molecule has 0 aromatic carbocycles. The Bertz CT molecular complexity index is 381. The van der Waals surface area contributed by atoms with Crippen LogP contribution in [0.4, 0.5) is 0 Å². The van der Waals surface area contributed by atoms with Gasteiger partial charge in [-0.2, -0.15) is 0 Å². The highest BCUT2D eigenvalue weighted by atomic mass is 28.3. The van der Waals surface area contributed by atoms with Gasteiger partial charge < -0.3 is 0 Å². The number of rotatable bonds is 1. The van der Waals surface area contributed by atoms with Crippen LogP contribution in [0.5, 0.6) is 0 Å². The third kappa shape index (κ3) is 1.73. The van der Waals surface area contributed by atoms with Crippen LogP contribution >= 0.6 is 0 Å². The lowest BCUT2D eigenvalue weighted by Gasteiger charge is -2.13. The zero-order chi connectivity index (χ0) is 10.2. The van der Waals surface area contributed by atoms with E-state index in [0.717, 1.165) is 0 Å². The van der Waals surface area contributed by atoms with Crippen molar-refractivity contribution >= 4 is 13.3 Å². The average Bonchev–Trinajstić information content (AvgIpc) is 2.38. The van der Waals surface area contributed by atoms with Crippen molar-refractivity contribution in [3.05, 3.63) is 42.5 Å². The highest BCUT2D eigenvalue weighted by molar-refractivity contribution is 6.88. The zero-order valence-electron chi connectivity index (χ0n) is 9.04. The second kappa shape index (κ2) is 3.25. The molecule has 0 atom stereocenters. The van der Waals surface area contributed by atoms with E-state index in [2.05, 4.69) is 62.1 Å². The molecule has 14 heavy (non-hydrogen) atoms. The highest BCUT2D eigenvalue weighted by Gasteiger charge is 2.19. The number of hydrogen-bond donors (Lipinski definition) is 0. The molecule has 0 heterocycles. The third-order valence-corrected chi connectivity index (χ3v) is 4.62. The van der Waals surface area contributed by atoms with Crippen LogP contribution in [-0.2, 0) is 0 Å². The van der Waals surface area contributed by atoms with Gasteiger partial charge in [0.05, 0.1) is 8.07 Å². The molecule has 72 valence electrons. The first-order valence-electron chi connectivity index (χ1n) is 5.07. The third-order valence-electron chi connectivity index (χ3n) is 2.60. The van der Waals surface area contributed by atoms with Crippen molar-refractivity contribution in [3.63, 3.8) is 0 Å². The monoisotopic (exact) mass is 200 g/mol. The molecule has 1 heteroatoms. The van der Waals surface area contributed by atoms with Crippen LogP contribution in [-0.4, -0.2) is 8.07 Å². The van der Waals surface area contributed by atoms with E-state index in [-0.39, 0.29) is 0 Å². The Morgan fingerprint density at radius 1 is 0.786 bits per heavy atom. The molecule has 0 aliphatic heterocycles. The molecule has 0 aromatic heterocycles. The Morgan fingerprint density at radius 3 is 1.71 bits per heavy atom. The summed E-state index contributed by atoms with van der Waals surface area (Å²) < 4.78 is 0. The van der Waals surface area contributed by atoms with E-state index >= 15 is 0 Å². The Labute approximate surface area is 86.9 Å². The van der Waals surface area contributed by atoms with Gasteiger partial charge in [-0.25, -0.2) is 0 Å². The van der Waals surface area contributed by atoms with Crippen molar-refractivity contribution in [3.8, 4) is 11.1 Å². The molecule has 2 aliphatic rings. The molecule has 0 nitrogen and oxygen atoms in total. The first-order chi connectivity index (χ1) is 6.57. The molecular formula is C13H16Si. The van der Waals surface area contributed by atoms with Crippen LogP contribution in [0.2, 0.25) is 19.6 Å². The largest absolute Gasteiger partial charge is 0.0776 e. The average molecular weight is 200 g/mol. The van der Waals surface area contributed by atoms with E-state index in [1.54, 1.807) is 5.19 Å². The normalized spacial score (nSPS) is 11.9. The van der Waals surface area contributed by atoms with Crippen LogP contribution in [0, 0.1) is 0 Å². The maximum absolute atomic E-state index is 2.39. The van der Waals surface area contributed by atoms with Crippen molar-refractivity contribution in [1.29, 1.82) is 0 Å². The van der Waals surface area contributed by atoms with Crippen molar-refractivity contribution in [1.82, 2.24) is 0 Å². The fourth-order valence-corrected chi connectivity index (χ4v) is 2.82. The van der Waals surface area contributed by atoms with Gasteiger partial charge in [0.2, 0.25) is 0 Å². The molecule has 0 fully saturated rings. The van der Waals surface area contributed by atoms with E-state index in [9.17, 15) is 0 Å². The summed E-state index contributed by atoms with van der Waals surface area (Å²) in [5, 5.41) is 1.55. The minimum Gasteiger partial charge on any atom is -0.0656 e. The summed E-state index contributed by atoms with van der Waals surface area (Å²) in [6, 6.07) is 15.4. The second-order valence-electron chi connectivity index (χ2n) is 4.82. The fraction of sp³-hybridized carbons (Fsp3) is 0.231.